The number of methoxy groups -OCH3 is 2. The molecule has 0 spiro atoms. The molecule has 1 atom stereocenters. The van der Waals surface area contributed by atoms with Crippen LogP contribution in [0.5, 0.6) is 11.5 Å². The van der Waals surface area contributed by atoms with Crippen molar-refractivity contribution in [2.45, 2.75) is 30.2 Å². The summed E-state index contributed by atoms with van der Waals surface area (Å²) in [7, 11) is 1.24. The number of halogens is 1. The summed E-state index contributed by atoms with van der Waals surface area (Å²) in [6.07, 6.45) is 1.94. The molecule has 1 amide bonds. The lowest BCUT2D eigenvalue weighted by molar-refractivity contribution is -0.132. The molecule has 1 aromatic carbocycles. The summed E-state index contributed by atoms with van der Waals surface area (Å²) in [5.74, 6) is 0.470. The minimum absolute atomic E-state index is 0. The van der Waals surface area contributed by atoms with Gasteiger partial charge in [-0.1, -0.05) is 0 Å². The summed E-state index contributed by atoms with van der Waals surface area (Å²) in [5, 5.41) is 3.17. The number of likely N-dealkylation sites (N-methyl/N-ethyl adjacent to an activating group) is 1. The number of benzene rings is 1. The first-order chi connectivity index (χ1) is 11.9. The second kappa shape index (κ2) is 9.99. The third-order valence-electron chi connectivity index (χ3n) is 4.48. The number of nitrogens with zero attached hydrogens (tertiary/aromatic N) is 1. The first kappa shape index (κ1) is 22.5. The van der Waals surface area contributed by atoms with Gasteiger partial charge in [0.15, 0.2) is 21.3 Å². The highest BCUT2D eigenvalue weighted by Gasteiger charge is 2.25. The van der Waals surface area contributed by atoms with Crippen LogP contribution in [0, 0.1) is 0 Å². The van der Waals surface area contributed by atoms with Crippen molar-refractivity contribution in [3.05, 3.63) is 18.2 Å². The Morgan fingerprint density at radius 3 is 2.58 bits per heavy atom. The number of piperidine rings is 1. The molecule has 0 aliphatic carbocycles. The third-order valence-corrected chi connectivity index (χ3v) is 6.19. The standard InChI is InChI=1S/C17H26N2O5S.ClH/c1-18-13-5-4-9-19(12-13)17(20)8-10-25(21,22)14-6-7-15(23-2)16(11-14)24-3;/h6-7,11,13,18H,4-5,8-10,12H2,1-3H3;1H. The number of hydrogen-bond acceptors (Lipinski definition) is 6. The summed E-state index contributed by atoms with van der Waals surface area (Å²) in [4.78, 5) is 14.2. The number of ether oxygens (including phenoxy) is 2. The van der Waals surface area contributed by atoms with Gasteiger partial charge in [-0.2, -0.15) is 0 Å². The Kier molecular flexibility index (Phi) is 8.66. The molecular formula is C17H27ClN2O5S. The molecule has 0 aromatic heterocycles. The van der Waals surface area contributed by atoms with Gasteiger partial charge in [0.05, 0.1) is 24.9 Å². The maximum Gasteiger partial charge on any atom is 0.223 e. The van der Waals surface area contributed by atoms with E-state index < -0.39 is 9.84 Å². The largest absolute Gasteiger partial charge is 0.493 e. The Labute approximate surface area is 161 Å². The van der Waals surface area contributed by atoms with E-state index in [1.165, 1.54) is 26.4 Å². The Hall–Kier alpha value is -1.51. The van der Waals surface area contributed by atoms with Gasteiger partial charge in [0, 0.05) is 31.6 Å². The van der Waals surface area contributed by atoms with Crippen molar-refractivity contribution in [2.24, 2.45) is 0 Å². The number of nitrogens with one attached hydrogen (secondary N) is 1. The summed E-state index contributed by atoms with van der Waals surface area (Å²) >= 11 is 0. The molecule has 2 rings (SSSR count). The van der Waals surface area contributed by atoms with Crippen LogP contribution < -0.4 is 14.8 Å². The van der Waals surface area contributed by atoms with E-state index in [0.29, 0.717) is 24.6 Å². The number of hydrogen-bond donors (Lipinski definition) is 1. The zero-order valence-electron chi connectivity index (χ0n) is 15.4. The number of carbonyl (C=O) groups is 1. The maximum absolute atomic E-state index is 12.5. The van der Waals surface area contributed by atoms with Crippen LogP contribution in [-0.2, 0) is 14.6 Å². The molecule has 1 aliphatic rings. The van der Waals surface area contributed by atoms with E-state index in [9.17, 15) is 13.2 Å². The molecule has 9 heteroatoms. The molecule has 1 aromatic rings. The molecule has 0 saturated carbocycles. The highest BCUT2D eigenvalue weighted by molar-refractivity contribution is 7.91. The van der Waals surface area contributed by atoms with Gasteiger partial charge in [-0.25, -0.2) is 8.42 Å². The summed E-state index contributed by atoms with van der Waals surface area (Å²) in [6, 6.07) is 4.73. The molecule has 148 valence electrons. The van der Waals surface area contributed by atoms with E-state index in [-0.39, 0.29) is 41.4 Å². The van der Waals surface area contributed by atoms with Crippen molar-refractivity contribution in [3.8, 4) is 11.5 Å². The smallest absolute Gasteiger partial charge is 0.223 e. The Balaban J connectivity index is 0.00000338. The molecule has 1 heterocycles. The van der Waals surface area contributed by atoms with Crippen LogP contribution in [0.15, 0.2) is 23.1 Å². The Morgan fingerprint density at radius 1 is 1.27 bits per heavy atom. The molecular weight excluding hydrogens is 380 g/mol. The van der Waals surface area contributed by atoms with E-state index >= 15 is 0 Å². The molecule has 1 aliphatic heterocycles. The molecule has 0 radical (unpaired) electrons. The van der Waals surface area contributed by atoms with Crippen molar-refractivity contribution in [3.63, 3.8) is 0 Å². The number of likely N-dealkylation sites (tertiary alicyclic amines) is 1. The van der Waals surface area contributed by atoms with Crippen molar-refractivity contribution in [1.82, 2.24) is 10.2 Å². The maximum atomic E-state index is 12.5. The Bertz CT molecular complexity index is 711. The van der Waals surface area contributed by atoms with Gasteiger partial charge in [-0.05, 0) is 32.0 Å². The molecule has 1 unspecified atom stereocenters. The predicted molar refractivity (Wildman–Crippen MR) is 102 cm³/mol. The monoisotopic (exact) mass is 406 g/mol. The molecule has 1 saturated heterocycles. The third kappa shape index (κ3) is 5.49. The quantitative estimate of drug-likeness (QED) is 0.738. The van der Waals surface area contributed by atoms with Gasteiger partial charge < -0.3 is 19.7 Å². The van der Waals surface area contributed by atoms with Gasteiger partial charge in [0.1, 0.15) is 0 Å². The lowest BCUT2D eigenvalue weighted by Gasteiger charge is -2.32. The van der Waals surface area contributed by atoms with Crippen LogP contribution in [-0.4, -0.2) is 65.4 Å². The molecule has 26 heavy (non-hydrogen) atoms. The summed E-state index contributed by atoms with van der Waals surface area (Å²) in [5.41, 5.74) is 0. The van der Waals surface area contributed by atoms with Gasteiger partial charge >= 0.3 is 0 Å². The van der Waals surface area contributed by atoms with Crippen LogP contribution in [0.2, 0.25) is 0 Å². The summed E-state index contributed by atoms with van der Waals surface area (Å²) in [6.45, 7) is 1.32. The zero-order valence-corrected chi connectivity index (χ0v) is 17.0. The lowest BCUT2D eigenvalue weighted by Crippen LogP contribution is -2.47. The fraction of sp³-hybridized carbons (Fsp3) is 0.588. The van der Waals surface area contributed by atoms with Crippen molar-refractivity contribution in [1.29, 1.82) is 0 Å². The van der Waals surface area contributed by atoms with E-state index in [0.717, 1.165) is 12.8 Å². The predicted octanol–water partition coefficient (Wildman–Crippen LogP) is 1.50. The lowest BCUT2D eigenvalue weighted by atomic mass is 10.1. The number of rotatable bonds is 7. The fourth-order valence-corrected chi connectivity index (χ4v) is 4.19. The first-order valence-electron chi connectivity index (χ1n) is 8.31. The van der Waals surface area contributed by atoms with Crippen molar-refractivity contribution in [2.75, 3.05) is 40.1 Å². The number of amides is 1. The molecule has 1 fully saturated rings. The topological polar surface area (TPSA) is 84.9 Å². The van der Waals surface area contributed by atoms with E-state index in [1.807, 2.05) is 7.05 Å². The highest BCUT2D eigenvalue weighted by atomic mass is 35.5. The molecule has 0 bridgehead atoms. The highest BCUT2D eigenvalue weighted by Crippen LogP contribution is 2.30. The number of sulfone groups is 1. The van der Waals surface area contributed by atoms with Gasteiger partial charge in [0.2, 0.25) is 5.91 Å². The Morgan fingerprint density at radius 2 is 1.96 bits per heavy atom. The van der Waals surface area contributed by atoms with Crippen molar-refractivity contribution >= 4 is 28.2 Å². The van der Waals surface area contributed by atoms with Crippen molar-refractivity contribution < 1.29 is 22.7 Å². The normalized spacial score (nSPS) is 17.3. The van der Waals surface area contributed by atoms with Crippen LogP contribution >= 0.6 is 12.4 Å². The van der Waals surface area contributed by atoms with Gasteiger partial charge in [-0.15, -0.1) is 12.4 Å². The average molecular weight is 407 g/mol. The number of carbonyl (C=O) groups excluding carboxylic acids is 1. The zero-order chi connectivity index (χ0) is 18.4. The van der Waals surface area contributed by atoms with Gasteiger partial charge in [0.25, 0.3) is 0 Å². The molecule has 7 nitrogen and oxygen atoms in total. The van der Waals surface area contributed by atoms with Crippen LogP contribution in [0.4, 0.5) is 0 Å². The second-order valence-electron chi connectivity index (χ2n) is 6.05. The SMILES string of the molecule is CNC1CCCN(C(=O)CCS(=O)(=O)c2ccc(OC)c(OC)c2)C1.Cl. The minimum Gasteiger partial charge on any atom is -0.493 e. The first-order valence-corrected chi connectivity index (χ1v) is 9.96. The van der Waals surface area contributed by atoms with Gasteiger partial charge in [-0.3, -0.25) is 4.79 Å². The van der Waals surface area contributed by atoms with Crippen LogP contribution in [0.25, 0.3) is 0 Å². The second-order valence-corrected chi connectivity index (χ2v) is 8.16. The van der Waals surface area contributed by atoms with E-state index in [1.54, 1.807) is 11.0 Å². The van der Waals surface area contributed by atoms with Crippen LogP contribution in [0.3, 0.4) is 0 Å². The summed E-state index contributed by atoms with van der Waals surface area (Å²) < 4.78 is 35.3. The minimum atomic E-state index is -3.57. The van der Waals surface area contributed by atoms with E-state index in [2.05, 4.69) is 5.32 Å². The van der Waals surface area contributed by atoms with E-state index in [4.69, 9.17) is 9.47 Å². The van der Waals surface area contributed by atoms with Crippen LogP contribution in [0.1, 0.15) is 19.3 Å². The average Bonchev–Trinajstić information content (AvgIpc) is 2.65. The molecule has 1 N–H and O–H groups in total. The fourth-order valence-electron chi connectivity index (χ4n) is 2.95.